The van der Waals surface area contributed by atoms with Crippen LogP contribution in [0.25, 0.3) is 10.9 Å². The summed E-state index contributed by atoms with van der Waals surface area (Å²) in [7, 11) is 1.84. The average molecular weight is 469 g/mol. The van der Waals surface area contributed by atoms with Gasteiger partial charge in [0.05, 0.1) is 0 Å². The maximum Gasteiger partial charge on any atom is 0.191 e. The molecule has 0 amide bonds. The Morgan fingerprint density at radius 1 is 1.27 bits per heavy atom. The number of hydrogen-bond acceptors (Lipinski definition) is 2. The fourth-order valence-electron chi connectivity index (χ4n) is 3.70. The zero-order valence-electron chi connectivity index (χ0n) is 15.9. The fourth-order valence-corrected chi connectivity index (χ4v) is 3.70. The van der Waals surface area contributed by atoms with E-state index in [9.17, 15) is 0 Å². The van der Waals surface area contributed by atoms with Crippen molar-refractivity contribution in [2.24, 2.45) is 10.9 Å². The molecule has 0 saturated carbocycles. The summed E-state index contributed by atoms with van der Waals surface area (Å²) in [5.41, 5.74) is 2.55. The summed E-state index contributed by atoms with van der Waals surface area (Å²) >= 11 is 0. The number of aromatic amines is 1. The molecule has 6 heteroatoms. The highest BCUT2D eigenvalue weighted by atomic mass is 127. The van der Waals surface area contributed by atoms with Gasteiger partial charge in [-0.25, -0.2) is 0 Å². The summed E-state index contributed by atoms with van der Waals surface area (Å²) in [5, 5.41) is 8.18. The number of aliphatic imine (C=N–C) groups is 1. The van der Waals surface area contributed by atoms with E-state index in [1.165, 1.54) is 42.4 Å². The SMILES string of the molecule is CN=C(NCCc1c[nH]c2ccccc12)NCCN1CCCC(C)C1.I. The van der Waals surface area contributed by atoms with Gasteiger partial charge in [-0.05, 0) is 43.4 Å². The highest BCUT2D eigenvalue weighted by Gasteiger charge is 2.15. The van der Waals surface area contributed by atoms with E-state index in [2.05, 4.69) is 62.9 Å². The molecule has 1 fully saturated rings. The van der Waals surface area contributed by atoms with Gasteiger partial charge in [0.2, 0.25) is 0 Å². The second kappa shape index (κ2) is 10.8. The van der Waals surface area contributed by atoms with Gasteiger partial charge >= 0.3 is 0 Å². The van der Waals surface area contributed by atoms with Gasteiger partial charge in [-0.15, -0.1) is 24.0 Å². The lowest BCUT2D eigenvalue weighted by Gasteiger charge is -2.30. The normalized spacial score (nSPS) is 18.5. The molecule has 0 spiro atoms. The van der Waals surface area contributed by atoms with Crippen molar-refractivity contribution in [2.45, 2.75) is 26.2 Å². The Labute approximate surface area is 174 Å². The molecular weight excluding hydrogens is 437 g/mol. The standard InChI is InChI=1S/C20H31N5.HI/c1-16-6-5-12-25(15-16)13-11-23-20(21-2)22-10-9-17-14-24-19-8-4-3-7-18(17)19;/h3-4,7-8,14,16,24H,5-6,9-13,15H2,1-2H3,(H2,21,22,23);1H. The topological polar surface area (TPSA) is 55.5 Å². The van der Waals surface area contributed by atoms with E-state index in [0.717, 1.165) is 37.9 Å². The van der Waals surface area contributed by atoms with Crippen LogP contribution in [0.3, 0.4) is 0 Å². The van der Waals surface area contributed by atoms with Crippen LogP contribution in [0.4, 0.5) is 0 Å². The third kappa shape index (κ3) is 5.87. The van der Waals surface area contributed by atoms with E-state index >= 15 is 0 Å². The lowest BCUT2D eigenvalue weighted by molar-refractivity contribution is 0.187. The predicted molar refractivity (Wildman–Crippen MR) is 122 cm³/mol. The fraction of sp³-hybridized carbons (Fsp3) is 0.550. The number of nitrogens with one attached hydrogen (secondary N) is 3. The van der Waals surface area contributed by atoms with E-state index in [1.54, 1.807) is 0 Å². The molecule has 1 aliphatic rings. The summed E-state index contributed by atoms with van der Waals surface area (Å²) in [6.07, 6.45) is 5.80. The second-order valence-electron chi connectivity index (χ2n) is 7.08. The first-order valence-corrected chi connectivity index (χ1v) is 9.48. The monoisotopic (exact) mass is 469 g/mol. The van der Waals surface area contributed by atoms with Crippen molar-refractivity contribution in [3.63, 3.8) is 0 Å². The lowest BCUT2D eigenvalue weighted by Crippen LogP contribution is -2.44. The lowest BCUT2D eigenvalue weighted by atomic mass is 10.0. The molecule has 2 aromatic rings. The van der Waals surface area contributed by atoms with Crippen LogP contribution in [-0.2, 0) is 6.42 Å². The third-order valence-electron chi connectivity index (χ3n) is 5.05. The van der Waals surface area contributed by atoms with Crippen molar-refractivity contribution >= 4 is 40.8 Å². The molecule has 0 bridgehead atoms. The molecule has 2 heterocycles. The predicted octanol–water partition coefficient (Wildman–Crippen LogP) is 3.23. The number of guanidine groups is 1. The van der Waals surface area contributed by atoms with Crippen LogP contribution in [0.1, 0.15) is 25.3 Å². The van der Waals surface area contributed by atoms with Crippen molar-refractivity contribution in [2.75, 3.05) is 39.8 Å². The van der Waals surface area contributed by atoms with Gasteiger partial charge < -0.3 is 20.5 Å². The molecule has 1 aromatic heterocycles. The molecule has 5 nitrogen and oxygen atoms in total. The van der Waals surface area contributed by atoms with Crippen LogP contribution in [0.15, 0.2) is 35.5 Å². The van der Waals surface area contributed by atoms with Crippen molar-refractivity contribution in [3.8, 4) is 0 Å². The quantitative estimate of drug-likeness (QED) is 0.346. The summed E-state index contributed by atoms with van der Waals surface area (Å²) in [6.45, 7) is 7.73. The third-order valence-corrected chi connectivity index (χ3v) is 5.05. The maximum atomic E-state index is 4.33. The number of likely N-dealkylation sites (tertiary alicyclic amines) is 1. The Kier molecular flexibility index (Phi) is 8.71. The van der Waals surface area contributed by atoms with E-state index < -0.39 is 0 Å². The number of benzene rings is 1. The molecule has 0 aliphatic carbocycles. The number of H-pyrrole nitrogens is 1. The minimum absolute atomic E-state index is 0. The first-order chi connectivity index (χ1) is 12.3. The average Bonchev–Trinajstić information content (AvgIpc) is 3.04. The first kappa shape index (κ1) is 21.0. The van der Waals surface area contributed by atoms with Crippen molar-refractivity contribution in [1.29, 1.82) is 0 Å². The molecule has 1 unspecified atom stereocenters. The molecule has 3 N–H and O–H groups in total. The van der Waals surface area contributed by atoms with E-state index in [-0.39, 0.29) is 24.0 Å². The van der Waals surface area contributed by atoms with Gasteiger partial charge in [0, 0.05) is 50.3 Å². The van der Waals surface area contributed by atoms with Crippen molar-refractivity contribution in [3.05, 3.63) is 36.0 Å². The van der Waals surface area contributed by atoms with Crippen molar-refractivity contribution in [1.82, 2.24) is 20.5 Å². The van der Waals surface area contributed by atoms with Crippen molar-refractivity contribution < 1.29 is 0 Å². The Balaban J connectivity index is 0.00000243. The van der Waals surface area contributed by atoms with Gasteiger partial charge in [0.1, 0.15) is 0 Å². The maximum absolute atomic E-state index is 4.33. The number of piperidine rings is 1. The Hall–Kier alpha value is -1.28. The highest BCUT2D eigenvalue weighted by molar-refractivity contribution is 14.0. The minimum atomic E-state index is 0. The number of rotatable bonds is 6. The summed E-state index contributed by atoms with van der Waals surface area (Å²) < 4.78 is 0. The smallest absolute Gasteiger partial charge is 0.191 e. The molecule has 0 radical (unpaired) electrons. The number of halogens is 1. The Bertz CT molecular complexity index is 696. The van der Waals surface area contributed by atoms with Gasteiger partial charge in [0.25, 0.3) is 0 Å². The molecule has 1 aliphatic heterocycles. The summed E-state index contributed by atoms with van der Waals surface area (Å²) in [5.74, 6) is 1.73. The molecule has 144 valence electrons. The minimum Gasteiger partial charge on any atom is -0.361 e. The van der Waals surface area contributed by atoms with Crippen LogP contribution >= 0.6 is 24.0 Å². The highest BCUT2D eigenvalue weighted by Crippen LogP contribution is 2.17. The molecule has 26 heavy (non-hydrogen) atoms. The summed E-state index contributed by atoms with van der Waals surface area (Å²) in [4.78, 5) is 10.2. The molecular formula is C20H32IN5. The molecule has 3 rings (SSSR count). The number of hydrogen-bond donors (Lipinski definition) is 3. The zero-order valence-corrected chi connectivity index (χ0v) is 18.3. The zero-order chi connectivity index (χ0) is 17.5. The van der Waals surface area contributed by atoms with E-state index in [4.69, 9.17) is 0 Å². The van der Waals surface area contributed by atoms with E-state index in [1.807, 2.05) is 7.05 Å². The molecule has 1 atom stereocenters. The number of nitrogens with zero attached hydrogens (tertiary/aromatic N) is 2. The van der Waals surface area contributed by atoms with Crippen LogP contribution in [0.2, 0.25) is 0 Å². The van der Waals surface area contributed by atoms with E-state index in [0.29, 0.717) is 0 Å². The Morgan fingerprint density at radius 2 is 2.08 bits per heavy atom. The number of aromatic nitrogens is 1. The van der Waals surface area contributed by atoms with Crippen LogP contribution in [0.5, 0.6) is 0 Å². The van der Waals surface area contributed by atoms with Gasteiger partial charge in [0.15, 0.2) is 5.96 Å². The van der Waals surface area contributed by atoms with Gasteiger partial charge in [-0.2, -0.15) is 0 Å². The largest absolute Gasteiger partial charge is 0.361 e. The number of fused-ring (bicyclic) bond motifs is 1. The summed E-state index contributed by atoms with van der Waals surface area (Å²) in [6, 6.07) is 8.45. The molecule has 1 saturated heterocycles. The second-order valence-corrected chi connectivity index (χ2v) is 7.08. The van der Waals surface area contributed by atoms with Gasteiger partial charge in [-0.1, -0.05) is 25.1 Å². The van der Waals surface area contributed by atoms with Crippen LogP contribution < -0.4 is 10.6 Å². The first-order valence-electron chi connectivity index (χ1n) is 9.48. The van der Waals surface area contributed by atoms with Gasteiger partial charge in [-0.3, -0.25) is 4.99 Å². The van der Waals surface area contributed by atoms with Crippen LogP contribution in [-0.4, -0.2) is 55.6 Å². The molecule has 1 aromatic carbocycles. The Morgan fingerprint density at radius 3 is 2.88 bits per heavy atom. The number of para-hydroxylation sites is 1. The van der Waals surface area contributed by atoms with Crippen LogP contribution in [0, 0.1) is 5.92 Å².